The summed E-state index contributed by atoms with van der Waals surface area (Å²) >= 11 is 5.95. The predicted molar refractivity (Wildman–Crippen MR) is 97.4 cm³/mol. The fourth-order valence-corrected chi connectivity index (χ4v) is 2.37. The number of hydrogen-bond acceptors (Lipinski definition) is 2. The van der Waals surface area contributed by atoms with Gasteiger partial charge in [-0.3, -0.25) is 5.43 Å². The first-order valence-corrected chi connectivity index (χ1v) is 8.14. The van der Waals surface area contributed by atoms with Gasteiger partial charge >= 0.3 is 6.18 Å². The van der Waals surface area contributed by atoms with Gasteiger partial charge in [-0.1, -0.05) is 56.6 Å². The molecule has 0 unspecified atom stereocenters. The summed E-state index contributed by atoms with van der Waals surface area (Å²) < 4.78 is 38.4. The number of rotatable bonds is 3. The highest BCUT2D eigenvalue weighted by Gasteiger charge is 2.30. The highest BCUT2D eigenvalue weighted by atomic mass is 35.5. The number of nitrogens with zero attached hydrogens (tertiary/aromatic N) is 1. The Labute approximate surface area is 150 Å². The lowest BCUT2D eigenvalue weighted by Crippen LogP contribution is -2.11. The van der Waals surface area contributed by atoms with Crippen molar-refractivity contribution in [2.45, 2.75) is 39.3 Å². The lowest BCUT2D eigenvalue weighted by molar-refractivity contribution is -0.137. The van der Waals surface area contributed by atoms with Gasteiger partial charge in [-0.2, -0.15) is 18.3 Å². The van der Waals surface area contributed by atoms with Crippen LogP contribution < -0.4 is 5.43 Å². The van der Waals surface area contributed by atoms with Crippen molar-refractivity contribution < 1.29 is 13.2 Å². The maximum absolute atomic E-state index is 12.8. The van der Waals surface area contributed by atoms with Gasteiger partial charge in [-0.25, -0.2) is 0 Å². The first-order chi connectivity index (χ1) is 11.5. The van der Waals surface area contributed by atoms with E-state index in [9.17, 15) is 13.2 Å². The molecule has 0 amide bonds. The topological polar surface area (TPSA) is 24.4 Å². The molecular weight excluding hydrogens is 349 g/mol. The summed E-state index contributed by atoms with van der Waals surface area (Å²) in [6, 6.07) is 11.0. The minimum Gasteiger partial charge on any atom is -0.277 e. The van der Waals surface area contributed by atoms with Gasteiger partial charge in [0, 0.05) is 0 Å². The lowest BCUT2D eigenvalue weighted by atomic mass is 9.86. The molecule has 0 bridgehead atoms. The van der Waals surface area contributed by atoms with Crippen LogP contribution in [0.2, 0.25) is 5.02 Å². The van der Waals surface area contributed by atoms with Crippen LogP contribution in [0.25, 0.3) is 0 Å². The Balaban J connectivity index is 2.21. The van der Waals surface area contributed by atoms with Gasteiger partial charge in [0.15, 0.2) is 0 Å². The zero-order valence-electron chi connectivity index (χ0n) is 14.5. The van der Waals surface area contributed by atoms with Gasteiger partial charge in [0.1, 0.15) is 0 Å². The molecule has 0 saturated carbocycles. The zero-order chi connectivity index (χ0) is 18.8. The highest BCUT2D eigenvalue weighted by Crippen LogP contribution is 2.33. The molecule has 0 aliphatic carbocycles. The van der Waals surface area contributed by atoms with E-state index in [1.165, 1.54) is 11.6 Å². The van der Waals surface area contributed by atoms with Crippen LogP contribution in [0, 0.1) is 0 Å². The van der Waals surface area contributed by atoms with Crippen LogP contribution in [0.3, 0.4) is 0 Å². The van der Waals surface area contributed by atoms with E-state index in [2.05, 4.69) is 31.3 Å². The lowest BCUT2D eigenvalue weighted by Gasteiger charge is -2.19. The van der Waals surface area contributed by atoms with Crippen molar-refractivity contribution in [3.63, 3.8) is 0 Å². The van der Waals surface area contributed by atoms with Crippen molar-refractivity contribution in [2.75, 3.05) is 5.43 Å². The third-order valence-electron chi connectivity index (χ3n) is 3.81. The number of benzene rings is 2. The molecule has 2 nitrogen and oxygen atoms in total. The summed E-state index contributed by atoms with van der Waals surface area (Å²) in [7, 11) is 0. The fraction of sp³-hybridized carbons (Fsp3) is 0.316. The van der Waals surface area contributed by atoms with Gasteiger partial charge < -0.3 is 0 Å². The van der Waals surface area contributed by atoms with Crippen molar-refractivity contribution in [1.82, 2.24) is 0 Å². The summed E-state index contributed by atoms with van der Waals surface area (Å²) in [5, 5.41) is 4.33. The molecule has 2 aromatic carbocycles. The molecule has 0 heterocycles. The number of anilines is 1. The van der Waals surface area contributed by atoms with Crippen LogP contribution in [-0.2, 0) is 11.6 Å². The van der Waals surface area contributed by atoms with Crippen molar-refractivity contribution >= 4 is 23.0 Å². The fourth-order valence-electron chi connectivity index (χ4n) is 2.21. The molecule has 0 fully saturated rings. The molecule has 0 aromatic heterocycles. The van der Waals surface area contributed by atoms with E-state index in [-0.39, 0.29) is 16.1 Å². The van der Waals surface area contributed by atoms with Gasteiger partial charge in [0.05, 0.1) is 22.0 Å². The van der Waals surface area contributed by atoms with Crippen LogP contribution in [0.15, 0.2) is 47.6 Å². The maximum atomic E-state index is 12.8. The van der Waals surface area contributed by atoms with Crippen molar-refractivity contribution in [1.29, 1.82) is 0 Å². The van der Waals surface area contributed by atoms with Crippen LogP contribution in [0.5, 0.6) is 0 Å². The standard InChI is InChI=1S/C19H20ClF3N2/c1-12(13-5-7-14(8-6-13)18(2,3)4)24-25-17-11-15(19(21,22)23)9-10-16(17)20/h5-11,25H,1-4H3. The van der Waals surface area contributed by atoms with Crippen LogP contribution in [-0.4, -0.2) is 5.71 Å². The minimum atomic E-state index is -4.43. The molecule has 0 spiro atoms. The smallest absolute Gasteiger partial charge is 0.277 e. The first-order valence-electron chi connectivity index (χ1n) is 7.76. The maximum Gasteiger partial charge on any atom is 0.416 e. The van der Waals surface area contributed by atoms with Crippen LogP contribution in [0.1, 0.15) is 44.4 Å². The van der Waals surface area contributed by atoms with Crippen molar-refractivity contribution in [3.8, 4) is 0 Å². The molecular formula is C19H20ClF3N2. The van der Waals surface area contributed by atoms with Crippen LogP contribution >= 0.6 is 11.6 Å². The number of alkyl halides is 3. The molecule has 25 heavy (non-hydrogen) atoms. The Kier molecular flexibility index (Phi) is 5.47. The van der Waals surface area contributed by atoms with E-state index in [0.717, 1.165) is 17.7 Å². The molecule has 0 radical (unpaired) electrons. The predicted octanol–water partition coefficient (Wildman–Crippen LogP) is 6.49. The van der Waals surface area contributed by atoms with E-state index in [1.807, 2.05) is 24.3 Å². The largest absolute Gasteiger partial charge is 0.416 e. The number of hydrazone groups is 1. The second-order valence-corrected chi connectivity index (χ2v) is 7.24. The van der Waals surface area contributed by atoms with Crippen molar-refractivity contribution in [3.05, 3.63) is 64.2 Å². The minimum absolute atomic E-state index is 0.0490. The molecule has 6 heteroatoms. The second-order valence-electron chi connectivity index (χ2n) is 6.83. The average molecular weight is 369 g/mol. The Morgan fingerprint density at radius 3 is 2.04 bits per heavy atom. The summed E-state index contributed by atoms with van der Waals surface area (Å²) in [5.41, 5.74) is 4.73. The molecule has 0 saturated heterocycles. The quantitative estimate of drug-likeness (QED) is 0.485. The van der Waals surface area contributed by atoms with Gasteiger partial charge in [0.2, 0.25) is 0 Å². The van der Waals surface area contributed by atoms with Crippen molar-refractivity contribution in [2.24, 2.45) is 5.10 Å². The summed E-state index contributed by atoms with van der Waals surface area (Å²) in [4.78, 5) is 0. The summed E-state index contributed by atoms with van der Waals surface area (Å²) in [6.45, 7) is 8.15. The van der Waals surface area contributed by atoms with E-state index in [1.54, 1.807) is 6.92 Å². The Hall–Kier alpha value is -2.01. The Bertz CT molecular complexity index is 773. The molecule has 2 aromatic rings. The highest BCUT2D eigenvalue weighted by molar-refractivity contribution is 6.33. The zero-order valence-corrected chi connectivity index (χ0v) is 15.3. The normalized spacial score (nSPS) is 13.0. The Morgan fingerprint density at radius 1 is 0.960 bits per heavy atom. The number of hydrogen-bond donors (Lipinski definition) is 1. The third-order valence-corrected chi connectivity index (χ3v) is 4.14. The van der Waals surface area contributed by atoms with Crippen LogP contribution in [0.4, 0.5) is 18.9 Å². The summed E-state index contributed by atoms with van der Waals surface area (Å²) in [5.74, 6) is 0. The molecule has 0 aliphatic heterocycles. The van der Waals surface area contributed by atoms with E-state index in [0.29, 0.717) is 5.71 Å². The number of halogens is 4. The molecule has 1 N–H and O–H groups in total. The van der Waals surface area contributed by atoms with Gasteiger partial charge in [-0.05, 0) is 41.7 Å². The van der Waals surface area contributed by atoms with Gasteiger partial charge in [-0.15, -0.1) is 0 Å². The molecule has 0 atom stereocenters. The molecule has 2 rings (SSSR count). The number of nitrogens with one attached hydrogen (secondary N) is 1. The summed E-state index contributed by atoms with van der Waals surface area (Å²) in [6.07, 6.45) is -4.43. The SMILES string of the molecule is CC(=NNc1cc(C(F)(F)F)ccc1Cl)c1ccc(C(C)(C)C)cc1. The molecule has 0 aliphatic rings. The Morgan fingerprint density at radius 2 is 1.52 bits per heavy atom. The average Bonchev–Trinajstić information content (AvgIpc) is 2.52. The van der Waals surface area contributed by atoms with E-state index >= 15 is 0 Å². The third kappa shape index (κ3) is 4.98. The second kappa shape index (κ2) is 7.08. The van der Waals surface area contributed by atoms with E-state index in [4.69, 9.17) is 11.6 Å². The molecule has 134 valence electrons. The monoisotopic (exact) mass is 368 g/mol. The van der Waals surface area contributed by atoms with E-state index < -0.39 is 11.7 Å². The van der Waals surface area contributed by atoms with Gasteiger partial charge in [0.25, 0.3) is 0 Å². The first kappa shape index (κ1) is 19.3.